The van der Waals surface area contributed by atoms with Crippen LogP contribution in [0.3, 0.4) is 0 Å². The molecule has 1 amide bonds. The van der Waals surface area contributed by atoms with Crippen molar-refractivity contribution in [1.29, 1.82) is 0 Å². The zero-order valence-corrected chi connectivity index (χ0v) is 6.39. The molecular weight excluding hydrogens is 126 g/mol. The molecule has 0 radical (unpaired) electrons. The molecule has 3 saturated heterocycles. The van der Waals surface area contributed by atoms with Crippen LogP contribution in [0, 0.1) is 5.41 Å². The van der Waals surface area contributed by atoms with E-state index in [0.717, 1.165) is 19.5 Å². The monoisotopic (exact) mass is 139 g/mol. The minimum atomic E-state index is 0.367. The zero-order valence-electron chi connectivity index (χ0n) is 6.39. The Kier molecular flexibility index (Phi) is 1.08. The summed E-state index contributed by atoms with van der Waals surface area (Å²) in [6.45, 7) is 4.26. The number of carbonyl (C=O) groups excluding carboxylic acids is 1. The quantitative estimate of drug-likeness (QED) is 0.490. The first-order chi connectivity index (χ1) is 4.70. The van der Waals surface area contributed by atoms with Crippen LogP contribution in [0.2, 0.25) is 0 Å². The molecule has 3 fully saturated rings. The topological polar surface area (TPSA) is 20.3 Å². The average molecular weight is 139 g/mol. The minimum absolute atomic E-state index is 0.367. The van der Waals surface area contributed by atoms with Crippen molar-refractivity contribution in [3.05, 3.63) is 0 Å². The smallest absolute Gasteiger partial charge is 0.223 e. The van der Waals surface area contributed by atoms with Crippen LogP contribution in [0.4, 0.5) is 0 Å². The summed E-state index contributed by atoms with van der Waals surface area (Å²) < 4.78 is 0. The molecule has 3 heterocycles. The van der Waals surface area contributed by atoms with Crippen LogP contribution in [0.25, 0.3) is 0 Å². The lowest BCUT2D eigenvalue weighted by molar-refractivity contribution is -0.143. The number of carbonyl (C=O) groups is 1. The summed E-state index contributed by atoms with van der Waals surface area (Å²) in [6.07, 6.45) is 3.24. The van der Waals surface area contributed by atoms with Gasteiger partial charge in [-0.25, -0.2) is 0 Å². The van der Waals surface area contributed by atoms with Crippen LogP contribution in [-0.2, 0) is 4.79 Å². The van der Waals surface area contributed by atoms with E-state index >= 15 is 0 Å². The molecule has 10 heavy (non-hydrogen) atoms. The van der Waals surface area contributed by atoms with Gasteiger partial charge in [0.25, 0.3) is 0 Å². The van der Waals surface area contributed by atoms with Crippen LogP contribution in [-0.4, -0.2) is 23.9 Å². The second-order valence-electron chi connectivity index (χ2n) is 3.87. The lowest BCUT2D eigenvalue weighted by atomic mass is 9.73. The second kappa shape index (κ2) is 1.74. The van der Waals surface area contributed by atoms with Gasteiger partial charge in [0.15, 0.2) is 0 Å². The molecule has 3 rings (SSSR count). The molecule has 56 valence electrons. The van der Waals surface area contributed by atoms with E-state index in [0.29, 0.717) is 11.3 Å². The Hall–Kier alpha value is -0.530. The van der Waals surface area contributed by atoms with E-state index in [1.165, 1.54) is 12.8 Å². The van der Waals surface area contributed by atoms with Crippen molar-refractivity contribution in [3.8, 4) is 0 Å². The first kappa shape index (κ1) is 6.20. The highest BCUT2D eigenvalue weighted by Gasteiger charge is 2.39. The van der Waals surface area contributed by atoms with Crippen molar-refractivity contribution >= 4 is 5.91 Å². The molecule has 3 aliphatic rings. The Balaban J connectivity index is 2.22. The molecule has 0 aromatic carbocycles. The predicted octanol–water partition coefficient (Wildman–Crippen LogP) is 1.02. The SMILES string of the molecule is CC12CCN(CC1)C(=O)C2. The zero-order chi connectivity index (χ0) is 7.19. The van der Waals surface area contributed by atoms with Gasteiger partial charge in [-0.2, -0.15) is 0 Å². The highest BCUT2D eigenvalue weighted by molar-refractivity contribution is 5.78. The Bertz CT molecular complexity index is 168. The van der Waals surface area contributed by atoms with Crippen molar-refractivity contribution in [2.24, 2.45) is 5.41 Å². The molecule has 0 unspecified atom stereocenters. The number of rotatable bonds is 0. The maximum Gasteiger partial charge on any atom is 0.223 e. The van der Waals surface area contributed by atoms with Crippen LogP contribution < -0.4 is 0 Å². The van der Waals surface area contributed by atoms with Gasteiger partial charge in [0, 0.05) is 19.5 Å². The van der Waals surface area contributed by atoms with Gasteiger partial charge in [-0.1, -0.05) is 6.92 Å². The number of fused-ring (bicyclic) bond motifs is 3. The second-order valence-corrected chi connectivity index (χ2v) is 3.87. The third kappa shape index (κ3) is 0.746. The summed E-state index contributed by atoms with van der Waals surface area (Å²) in [6, 6.07) is 0. The molecule has 0 spiro atoms. The van der Waals surface area contributed by atoms with Gasteiger partial charge < -0.3 is 4.90 Å². The summed E-state index contributed by atoms with van der Waals surface area (Å²) in [5.41, 5.74) is 0.367. The molecule has 0 aliphatic carbocycles. The third-order valence-electron chi connectivity index (χ3n) is 2.90. The number of amides is 1. The first-order valence-corrected chi connectivity index (χ1v) is 3.97. The van der Waals surface area contributed by atoms with Gasteiger partial charge >= 0.3 is 0 Å². The molecule has 0 aromatic heterocycles. The Labute approximate surface area is 61.2 Å². The molecule has 2 nitrogen and oxygen atoms in total. The average Bonchev–Trinajstić information content (AvgIpc) is 1.87. The van der Waals surface area contributed by atoms with Gasteiger partial charge in [-0.15, -0.1) is 0 Å². The van der Waals surface area contributed by atoms with Gasteiger partial charge in [0.2, 0.25) is 5.91 Å². The molecule has 2 heteroatoms. The Morgan fingerprint density at radius 3 is 2.30 bits per heavy atom. The number of hydrogen-bond donors (Lipinski definition) is 0. The molecule has 0 N–H and O–H groups in total. The molecule has 0 saturated carbocycles. The molecule has 0 atom stereocenters. The largest absolute Gasteiger partial charge is 0.343 e. The summed E-state index contributed by atoms with van der Waals surface area (Å²) in [5, 5.41) is 0. The highest BCUT2D eigenvalue weighted by atomic mass is 16.2. The summed E-state index contributed by atoms with van der Waals surface area (Å²) >= 11 is 0. The normalized spacial score (nSPS) is 29.3. The van der Waals surface area contributed by atoms with E-state index in [4.69, 9.17) is 0 Å². The van der Waals surface area contributed by atoms with E-state index in [1.807, 2.05) is 4.90 Å². The van der Waals surface area contributed by atoms with Gasteiger partial charge in [-0.3, -0.25) is 4.79 Å². The number of hydrogen-bond acceptors (Lipinski definition) is 1. The van der Waals surface area contributed by atoms with E-state index in [2.05, 4.69) is 6.92 Å². The maximum atomic E-state index is 11.2. The van der Waals surface area contributed by atoms with E-state index in [9.17, 15) is 4.79 Å². The van der Waals surface area contributed by atoms with Gasteiger partial charge in [0.05, 0.1) is 0 Å². The fourth-order valence-corrected chi connectivity index (χ4v) is 1.95. The van der Waals surface area contributed by atoms with E-state index < -0.39 is 0 Å². The standard InChI is InChI=1S/C8H13NO/c1-8-2-4-9(5-3-8)7(10)6-8/h2-6H2,1H3. The molecule has 0 aromatic rings. The lowest BCUT2D eigenvalue weighted by Crippen LogP contribution is -2.50. The molecular formula is C8H13NO. The Morgan fingerprint density at radius 1 is 1.40 bits per heavy atom. The maximum absolute atomic E-state index is 11.2. The Morgan fingerprint density at radius 2 is 2.00 bits per heavy atom. The summed E-state index contributed by atoms with van der Waals surface area (Å²) in [5.74, 6) is 0.375. The number of nitrogens with zero attached hydrogens (tertiary/aromatic N) is 1. The minimum Gasteiger partial charge on any atom is -0.343 e. The summed E-state index contributed by atoms with van der Waals surface area (Å²) in [7, 11) is 0. The summed E-state index contributed by atoms with van der Waals surface area (Å²) in [4.78, 5) is 13.2. The highest BCUT2D eigenvalue weighted by Crippen LogP contribution is 2.39. The van der Waals surface area contributed by atoms with Crippen LogP contribution in [0.1, 0.15) is 26.2 Å². The molecule has 3 aliphatic heterocycles. The van der Waals surface area contributed by atoms with Crippen molar-refractivity contribution in [2.75, 3.05) is 13.1 Å². The lowest BCUT2D eigenvalue weighted by Gasteiger charge is -2.45. The fraction of sp³-hybridized carbons (Fsp3) is 0.875. The van der Waals surface area contributed by atoms with Crippen molar-refractivity contribution in [3.63, 3.8) is 0 Å². The van der Waals surface area contributed by atoms with Gasteiger partial charge in [-0.05, 0) is 18.3 Å². The fourth-order valence-electron chi connectivity index (χ4n) is 1.95. The van der Waals surface area contributed by atoms with Crippen molar-refractivity contribution in [2.45, 2.75) is 26.2 Å². The van der Waals surface area contributed by atoms with E-state index in [-0.39, 0.29) is 0 Å². The van der Waals surface area contributed by atoms with Crippen LogP contribution in [0.5, 0.6) is 0 Å². The first-order valence-electron chi connectivity index (χ1n) is 3.97. The third-order valence-corrected chi connectivity index (χ3v) is 2.90. The van der Waals surface area contributed by atoms with Crippen molar-refractivity contribution in [1.82, 2.24) is 4.90 Å². The van der Waals surface area contributed by atoms with Crippen LogP contribution in [0.15, 0.2) is 0 Å². The van der Waals surface area contributed by atoms with Crippen molar-refractivity contribution < 1.29 is 4.79 Å². The van der Waals surface area contributed by atoms with Gasteiger partial charge in [0.1, 0.15) is 0 Å². The molecule has 2 bridgehead atoms. The predicted molar refractivity (Wildman–Crippen MR) is 38.5 cm³/mol. The van der Waals surface area contributed by atoms with E-state index in [1.54, 1.807) is 0 Å². The number of piperidine rings is 3. The van der Waals surface area contributed by atoms with Crippen LogP contribution >= 0.6 is 0 Å².